The van der Waals surface area contributed by atoms with Crippen LogP contribution in [0.2, 0.25) is 0 Å². The largest absolute Gasteiger partial charge is 0.394 e. The zero-order valence-electron chi connectivity index (χ0n) is 27.3. The van der Waals surface area contributed by atoms with Crippen molar-refractivity contribution in [2.45, 2.75) is 143 Å². The molecule has 13 N–H and O–H groups in total. The summed E-state index contributed by atoms with van der Waals surface area (Å²) in [5.74, 6) is -1.41. The van der Waals surface area contributed by atoms with Gasteiger partial charge in [-0.15, -0.1) is 0 Å². The topological polar surface area (TPSA) is 345 Å². The monoisotopic (exact) mass is 732 g/mol. The summed E-state index contributed by atoms with van der Waals surface area (Å²) in [5, 5.41) is 120. The van der Waals surface area contributed by atoms with Gasteiger partial charge in [-0.3, -0.25) is 9.59 Å². The molecule has 22 heteroatoms. The Morgan fingerprint density at radius 1 is 0.520 bits per heavy atom. The van der Waals surface area contributed by atoms with Crippen LogP contribution in [0.5, 0.6) is 0 Å². The molecule has 0 aromatic carbocycles. The molecule has 0 saturated carbocycles. The Hall–Kier alpha value is -1.78. The maximum absolute atomic E-state index is 12.4. The molecule has 290 valence electrons. The third kappa shape index (κ3) is 8.70. The van der Waals surface area contributed by atoms with Crippen molar-refractivity contribution in [2.75, 3.05) is 19.8 Å². The third-order valence-electron chi connectivity index (χ3n) is 8.97. The molecule has 0 radical (unpaired) electrons. The van der Waals surface area contributed by atoms with E-state index >= 15 is 0 Å². The molecule has 0 aromatic rings. The van der Waals surface area contributed by atoms with Gasteiger partial charge in [-0.05, 0) is 6.92 Å². The fraction of sp³-hybridized carbons (Fsp3) is 0.929. The predicted molar refractivity (Wildman–Crippen MR) is 156 cm³/mol. The van der Waals surface area contributed by atoms with Crippen LogP contribution in [0.4, 0.5) is 0 Å². The maximum Gasteiger partial charge on any atom is 0.217 e. The molecule has 1 unspecified atom stereocenters. The Balaban J connectivity index is 1.67. The summed E-state index contributed by atoms with van der Waals surface area (Å²) in [7, 11) is 0. The van der Waals surface area contributed by atoms with Gasteiger partial charge in [0.2, 0.25) is 11.8 Å². The van der Waals surface area contributed by atoms with Crippen molar-refractivity contribution in [1.29, 1.82) is 0 Å². The highest BCUT2D eigenvalue weighted by Gasteiger charge is 2.56. The summed E-state index contributed by atoms with van der Waals surface area (Å²) < 4.78 is 39.9. The van der Waals surface area contributed by atoms with Gasteiger partial charge < -0.3 is 100.0 Å². The average Bonchev–Trinajstić information content (AvgIpc) is 3.06. The molecule has 0 aromatic heterocycles. The second kappa shape index (κ2) is 17.4. The van der Waals surface area contributed by atoms with E-state index in [9.17, 15) is 65.8 Å². The highest BCUT2D eigenvalue weighted by molar-refractivity contribution is 5.73. The van der Waals surface area contributed by atoms with E-state index in [4.69, 9.17) is 33.2 Å². The maximum atomic E-state index is 12.4. The minimum atomic E-state index is -1.95. The SMILES string of the molecule is CC(=O)N[C@H]1[C@H](O[C@H]2[C@H](O)[C@@H](NC(C)=O)C(O)O[C@@H]2CO)O[C@H](CO)[C@H](O)[C@@H]1O[C@@H]1O[C@H](CO)[C@H](O)[C@H](O)[C@H]1O[C@@H]1O[C@@H](C)[C@@H](O)[C@@H](O)[C@@H]1O. The van der Waals surface area contributed by atoms with Crippen molar-refractivity contribution in [3.05, 3.63) is 0 Å². The van der Waals surface area contributed by atoms with Gasteiger partial charge in [0.1, 0.15) is 91.4 Å². The fourth-order valence-electron chi connectivity index (χ4n) is 6.28. The molecule has 0 spiro atoms. The lowest BCUT2D eigenvalue weighted by atomic mass is 9.94. The van der Waals surface area contributed by atoms with Crippen LogP contribution in [0, 0.1) is 0 Å². The third-order valence-corrected chi connectivity index (χ3v) is 8.97. The molecule has 4 saturated heterocycles. The van der Waals surface area contributed by atoms with Crippen molar-refractivity contribution in [3.8, 4) is 0 Å². The number of rotatable bonds is 11. The number of ether oxygens (including phenoxy) is 7. The lowest BCUT2D eigenvalue weighted by Gasteiger charge is -2.50. The quantitative estimate of drug-likeness (QED) is 0.0938. The summed E-state index contributed by atoms with van der Waals surface area (Å²) in [5.41, 5.74) is 0. The van der Waals surface area contributed by atoms with Gasteiger partial charge in [0, 0.05) is 13.8 Å². The molecule has 50 heavy (non-hydrogen) atoms. The van der Waals surface area contributed by atoms with E-state index in [2.05, 4.69) is 10.6 Å². The van der Waals surface area contributed by atoms with Crippen molar-refractivity contribution in [3.63, 3.8) is 0 Å². The molecule has 4 rings (SSSR count). The lowest BCUT2D eigenvalue weighted by molar-refractivity contribution is -0.384. The Kier molecular flexibility index (Phi) is 14.2. The first-order chi connectivity index (χ1) is 23.5. The van der Waals surface area contributed by atoms with Crippen molar-refractivity contribution < 1.29 is 98.9 Å². The zero-order chi connectivity index (χ0) is 37.2. The van der Waals surface area contributed by atoms with E-state index in [1.165, 1.54) is 6.92 Å². The Bertz CT molecular complexity index is 1130. The number of hydrogen-bond donors (Lipinski definition) is 13. The first-order valence-electron chi connectivity index (χ1n) is 15.9. The number of aliphatic hydroxyl groups excluding tert-OH is 11. The molecule has 20 atom stereocenters. The Labute approximate surface area is 285 Å². The number of carbonyl (C=O) groups is 2. The second-order valence-corrected chi connectivity index (χ2v) is 12.6. The zero-order valence-corrected chi connectivity index (χ0v) is 27.3. The predicted octanol–water partition coefficient (Wildman–Crippen LogP) is -8.43. The molecular weight excluding hydrogens is 684 g/mol. The molecule has 0 aliphatic carbocycles. The standard InChI is InChI=1S/C28H48N2O20/c1-7-15(36)19(40)21(42)27(44-7)50-24-20(41)16(37)10(4-31)47-28(24)49-23-14(30-9(3)35)26(46-11(5-32)17(23)38)48-22-12(6-33)45-25(43)13(18(22)39)29-8(2)34/h7,10-28,31-33,36-43H,4-6H2,1-3H3,(H,29,34)(H,30,35)/t7-,10+,11+,12+,13+,14+,15+,16-,17-,18+,19+,20-,21-,22+,23+,24+,25?,26-,27-,28-/m0/s1. The Morgan fingerprint density at radius 2 is 1.04 bits per heavy atom. The number of nitrogens with one attached hydrogen (secondary N) is 2. The van der Waals surface area contributed by atoms with Crippen LogP contribution in [-0.4, -0.2) is 211 Å². The first kappa shape index (κ1) is 41.0. The first-order valence-corrected chi connectivity index (χ1v) is 15.9. The highest BCUT2D eigenvalue weighted by Crippen LogP contribution is 2.34. The van der Waals surface area contributed by atoms with Crippen molar-refractivity contribution >= 4 is 11.8 Å². The number of amides is 2. The highest BCUT2D eigenvalue weighted by atomic mass is 16.8. The van der Waals surface area contributed by atoms with Gasteiger partial charge >= 0.3 is 0 Å². The summed E-state index contributed by atoms with van der Waals surface area (Å²) >= 11 is 0. The van der Waals surface area contributed by atoms with Gasteiger partial charge in [-0.2, -0.15) is 0 Å². The summed E-state index contributed by atoms with van der Waals surface area (Å²) in [6.07, 6.45) is -30.5. The second-order valence-electron chi connectivity index (χ2n) is 12.6. The number of hydrogen-bond acceptors (Lipinski definition) is 20. The van der Waals surface area contributed by atoms with Gasteiger partial charge in [0.05, 0.1) is 25.9 Å². The number of carbonyl (C=O) groups excluding carboxylic acids is 2. The molecule has 0 bridgehead atoms. The van der Waals surface area contributed by atoms with E-state index in [0.717, 1.165) is 13.8 Å². The Morgan fingerprint density at radius 3 is 1.62 bits per heavy atom. The van der Waals surface area contributed by atoms with Crippen LogP contribution < -0.4 is 10.6 Å². The van der Waals surface area contributed by atoms with Gasteiger partial charge in [0.15, 0.2) is 25.2 Å². The van der Waals surface area contributed by atoms with E-state index in [0.29, 0.717) is 0 Å². The summed E-state index contributed by atoms with van der Waals surface area (Å²) in [6.45, 7) is 0.954. The average molecular weight is 733 g/mol. The van der Waals surface area contributed by atoms with Crippen LogP contribution in [0.1, 0.15) is 20.8 Å². The molecule has 4 aliphatic heterocycles. The normalized spacial score (nSPS) is 48.5. The lowest BCUT2D eigenvalue weighted by Crippen LogP contribution is -2.70. The summed E-state index contributed by atoms with van der Waals surface area (Å²) in [6, 6.07) is -3.05. The van der Waals surface area contributed by atoms with E-state index in [1.807, 2.05) is 0 Å². The van der Waals surface area contributed by atoms with E-state index in [-0.39, 0.29) is 0 Å². The van der Waals surface area contributed by atoms with Crippen LogP contribution in [0.25, 0.3) is 0 Å². The molecule has 4 fully saturated rings. The fourth-order valence-corrected chi connectivity index (χ4v) is 6.28. The van der Waals surface area contributed by atoms with E-state index < -0.39 is 154 Å². The van der Waals surface area contributed by atoms with Gasteiger partial charge in [0.25, 0.3) is 0 Å². The molecule has 4 heterocycles. The van der Waals surface area contributed by atoms with E-state index in [1.54, 1.807) is 0 Å². The minimum Gasteiger partial charge on any atom is -0.394 e. The molecular formula is C28H48N2O20. The summed E-state index contributed by atoms with van der Waals surface area (Å²) in [4.78, 5) is 24.2. The van der Waals surface area contributed by atoms with Gasteiger partial charge in [-0.25, -0.2) is 0 Å². The van der Waals surface area contributed by atoms with Gasteiger partial charge in [-0.1, -0.05) is 0 Å². The van der Waals surface area contributed by atoms with Crippen molar-refractivity contribution in [2.24, 2.45) is 0 Å². The van der Waals surface area contributed by atoms with Crippen LogP contribution >= 0.6 is 0 Å². The molecule has 4 aliphatic rings. The number of aliphatic hydroxyl groups is 11. The molecule has 2 amide bonds. The van der Waals surface area contributed by atoms with Crippen LogP contribution in [0.3, 0.4) is 0 Å². The molecule has 22 nitrogen and oxygen atoms in total. The minimum absolute atomic E-state index is 0.663. The van der Waals surface area contributed by atoms with Crippen LogP contribution in [0.15, 0.2) is 0 Å². The smallest absolute Gasteiger partial charge is 0.217 e. The van der Waals surface area contributed by atoms with Crippen LogP contribution in [-0.2, 0) is 42.7 Å². The van der Waals surface area contributed by atoms with Crippen molar-refractivity contribution in [1.82, 2.24) is 10.6 Å².